The van der Waals surface area contributed by atoms with Gasteiger partial charge in [-0.25, -0.2) is 0 Å². The maximum atomic E-state index is 12.0. The molecule has 1 aromatic carbocycles. The molecule has 0 unspecified atom stereocenters. The molecule has 1 amide bonds. The van der Waals surface area contributed by atoms with Gasteiger partial charge in [-0.15, -0.1) is 12.4 Å². The summed E-state index contributed by atoms with van der Waals surface area (Å²) in [6.45, 7) is 6.22. The fourth-order valence-corrected chi connectivity index (χ4v) is 2.05. The van der Waals surface area contributed by atoms with E-state index in [4.69, 9.17) is 9.47 Å². The minimum Gasteiger partial charge on any atom is -0.494 e. The van der Waals surface area contributed by atoms with Crippen molar-refractivity contribution in [3.05, 3.63) is 18.2 Å². The van der Waals surface area contributed by atoms with Crippen LogP contribution in [0, 0.1) is 5.92 Å². The van der Waals surface area contributed by atoms with Gasteiger partial charge in [0.25, 0.3) is 0 Å². The Hall–Kier alpha value is -1.46. The van der Waals surface area contributed by atoms with Gasteiger partial charge in [0, 0.05) is 6.07 Å². The van der Waals surface area contributed by atoms with Crippen molar-refractivity contribution in [1.82, 2.24) is 5.32 Å². The summed E-state index contributed by atoms with van der Waals surface area (Å²) in [5.74, 6) is 2.09. The molecule has 1 aliphatic carbocycles. The molecular formula is C16H25ClN2O3. The Morgan fingerprint density at radius 3 is 2.59 bits per heavy atom. The lowest BCUT2D eigenvalue weighted by molar-refractivity contribution is -0.115. The van der Waals surface area contributed by atoms with Crippen LogP contribution in [0.15, 0.2) is 18.2 Å². The van der Waals surface area contributed by atoms with E-state index < -0.39 is 0 Å². The summed E-state index contributed by atoms with van der Waals surface area (Å²) in [6.07, 6.45) is 2.55. The Balaban J connectivity index is 0.00000242. The van der Waals surface area contributed by atoms with Crippen LogP contribution in [0.1, 0.15) is 26.7 Å². The molecule has 5 nitrogen and oxygen atoms in total. The van der Waals surface area contributed by atoms with E-state index >= 15 is 0 Å². The van der Waals surface area contributed by atoms with E-state index in [1.807, 2.05) is 26.0 Å². The number of halogens is 1. The van der Waals surface area contributed by atoms with E-state index in [0.29, 0.717) is 31.2 Å². The summed E-state index contributed by atoms with van der Waals surface area (Å²) < 4.78 is 11.0. The molecule has 0 radical (unpaired) electrons. The van der Waals surface area contributed by atoms with Crippen LogP contribution in [0.5, 0.6) is 11.5 Å². The molecule has 0 saturated heterocycles. The zero-order valence-corrected chi connectivity index (χ0v) is 14.0. The molecule has 124 valence electrons. The second kappa shape index (κ2) is 9.54. The zero-order valence-electron chi connectivity index (χ0n) is 13.2. The van der Waals surface area contributed by atoms with E-state index in [0.717, 1.165) is 18.2 Å². The Bertz CT molecular complexity index is 478. The predicted octanol–water partition coefficient (Wildman–Crippen LogP) is 2.84. The highest BCUT2D eigenvalue weighted by atomic mass is 35.5. The first-order valence-corrected chi connectivity index (χ1v) is 7.63. The van der Waals surface area contributed by atoms with Gasteiger partial charge in [0.05, 0.1) is 25.4 Å². The molecule has 1 saturated carbocycles. The highest BCUT2D eigenvalue weighted by Crippen LogP contribution is 2.29. The smallest absolute Gasteiger partial charge is 0.238 e. The van der Waals surface area contributed by atoms with Gasteiger partial charge in [-0.3, -0.25) is 4.79 Å². The molecule has 0 aromatic heterocycles. The van der Waals surface area contributed by atoms with Crippen LogP contribution in [0.2, 0.25) is 0 Å². The molecule has 6 heteroatoms. The maximum Gasteiger partial charge on any atom is 0.238 e. The Morgan fingerprint density at radius 2 is 1.95 bits per heavy atom. The molecular weight excluding hydrogens is 304 g/mol. The number of nitrogens with one attached hydrogen (secondary N) is 2. The van der Waals surface area contributed by atoms with Crippen LogP contribution in [0.4, 0.5) is 5.69 Å². The number of hydrogen-bond donors (Lipinski definition) is 2. The molecule has 1 aliphatic rings. The Labute approximate surface area is 138 Å². The predicted molar refractivity (Wildman–Crippen MR) is 90.3 cm³/mol. The van der Waals surface area contributed by atoms with Gasteiger partial charge in [-0.2, -0.15) is 0 Å². The van der Waals surface area contributed by atoms with Gasteiger partial charge >= 0.3 is 0 Å². The van der Waals surface area contributed by atoms with Crippen molar-refractivity contribution in [2.75, 3.05) is 31.6 Å². The van der Waals surface area contributed by atoms with Crippen molar-refractivity contribution in [2.24, 2.45) is 5.92 Å². The van der Waals surface area contributed by atoms with Gasteiger partial charge in [0.1, 0.15) is 11.5 Å². The van der Waals surface area contributed by atoms with Crippen molar-refractivity contribution >= 4 is 24.0 Å². The van der Waals surface area contributed by atoms with E-state index in [9.17, 15) is 4.79 Å². The molecule has 0 heterocycles. The summed E-state index contributed by atoms with van der Waals surface area (Å²) in [5, 5.41) is 6.06. The van der Waals surface area contributed by atoms with Crippen LogP contribution in [-0.2, 0) is 4.79 Å². The standard InChI is InChI=1S/C16H24N2O3.ClH/c1-3-20-13-7-8-15(21-4-2)14(9-13)18-16(19)11-17-10-12-5-6-12;/h7-9,12,17H,3-6,10-11H2,1-2H3,(H,18,19);1H. The molecule has 2 N–H and O–H groups in total. The number of carbonyl (C=O) groups is 1. The second-order valence-corrected chi connectivity index (χ2v) is 5.15. The van der Waals surface area contributed by atoms with Crippen LogP contribution >= 0.6 is 12.4 Å². The SMILES string of the molecule is CCOc1ccc(OCC)c(NC(=O)CNCC2CC2)c1.Cl. The van der Waals surface area contributed by atoms with E-state index in [-0.39, 0.29) is 18.3 Å². The average molecular weight is 329 g/mol. The quantitative estimate of drug-likeness (QED) is 0.732. The molecule has 1 fully saturated rings. The third-order valence-corrected chi connectivity index (χ3v) is 3.25. The number of anilines is 1. The van der Waals surface area contributed by atoms with Gasteiger partial charge in [-0.1, -0.05) is 0 Å². The summed E-state index contributed by atoms with van der Waals surface area (Å²) >= 11 is 0. The number of ether oxygens (including phenoxy) is 2. The minimum absolute atomic E-state index is 0. The van der Waals surface area contributed by atoms with Gasteiger partial charge in [-0.05, 0) is 51.3 Å². The van der Waals surface area contributed by atoms with Gasteiger partial charge in [0.15, 0.2) is 0 Å². The lowest BCUT2D eigenvalue weighted by Gasteiger charge is -2.13. The Morgan fingerprint density at radius 1 is 1.23 bits per heavy atom. The molecule has 22 heavy (non-hydrogen) atoms. The van der Waals surface area contributed by atoms with E-state index in [2.05, 4.69) is 10.6 Å². The highest BCUT2D eigenvalue weighted by molar-refractivity contribution is 5.94. The number of hydrogen-bond acceptors (Lipinski definition) is 4. The first-order valence-electron chi connectivity index (χ1n) is 7.63. The molecule has 0 bridgehead atoms. The normalized spacial score (nSPS) is 13.2. The van der Waals surface area contributed by atoms with E-state index in [1.54, 1.807) is 6.07 Å². The van der Waals surface area contributed by atoms with Crippen molar-refractivity contribution in [3.8, 4) is 11.5 Å². The molecule has 0 spiro atoms. The third-order valence-electron chi connectivity index (χ3n) is 3.25. The topological polar surface area (TPSA) is 59.6 Å². The second-order valence-electron chi connectivity index (χ2n) is 5.15. The fraction of sp³-hybridized carbons (Fsp3) is 0.562. The number of amides is 1. The molecule has 0 aliphatic heterocycles. The van der Waals surface area contributed by atoms with Crippen molar-refractivity contribution in [1.29, 1.82) is 0 Å². The van der Waals surface area contributed by atoms with Crippen LogP contribution in [0.25, 0.3) is 0 Å². The third kappa shape index (κ3) is 6.12. The maximum absolute atomic E-state index is 12.0. The van der Waals surface area contributed by atoms with Crippen LogP contribution in [-0.4, -0.2) is 32.2 Å². The monoisotopic (exact) mass is 328 g/mol. The number of carbonyl (C=O) groups excluding carboxylic acids is 1. The Kier molecular flexibility index (Phi) is 8.06. The number of benzene rings is 1. The highest BCUT2D eigenvalue weighted by Gasteiger charge is 2.20. The average Bonchev–Trinajstić information content (AvgIpc) is 3.26. The summed E-state index contributed by atoms with van der Waals surface area (Å²) in [6, 6.07) is 5.46. The summed E-state index contributed by atoms with van der Waals surface area (Å²) in [5.41, 5.74) is 0.654. The largest absolute Gasteiger partial charge is 0.494 e. The lowest BCUT2D eigenvalue weighted by atomic mass is 10.2. The summed E-state index contributed by atoms with van der Waals surface area (Å²) in [4.78, 5) is 12.0. The van der Waals surface area contributed by atoms with Crippen LogP contribution in [0.3, 0.4) is 0 Å². The molecule has 0 atom stereocenters. The summed E-state index contributed by atoms with van der Waals surface area (Å²) in [7, 11) is 0. The molecule has 2 rings (SSSR count). The first kappa shape index (κ1) is 18.6. The van der Waals surface area contributed by atoms with Crippen molar-refractivity contribution in [2.45, 2.75) is 26.7 Å². The van der Waals surface area contributed by atoms with Crippen LogP contribution < -0.4 is 20.1 Å². The zero-order chi connectivity index (χ0) is 15.1. The van der Waals surface area contributed by atoms with Crippen molar-refractivity contribution in [3.63, 3.8) is 0 Å². The van der Waals surface area contributed by atoms with Crippen molar-refractivity contribution < 1.29 is 14.3 Å². The minimum atomic E-state index is -0.0646. The van der Waals surface area contributed by atoms with Gasteiger partial charge in [0.2, 0.25) is 5.91 Å². The van der Waals surface area contributed by atoms with Gasteiger partial charge < -0.3 is 20.1 Å². The first-order chi connectivity index (χ1) is 10.2. The van der Waals surface area contributed by atoms with E-state index in [1.165, 1.54) is 12.8 Å². The number of rotatable bonds is 9. The molecule has 1 aromatic rings. The lowest BCUT2D eigenvalue weighted by Crippen LogP contribution is -2.29. The fourth-order valence-electron chi connectivity index (χ4n) is 2.05.